The van der Waals surface area contributed by atoms with Crippen molar-refractivity contribution in [1.29, 1.82) is 0 Å². The Labute approximate surface area is 111 Å². The molecule has 1 rings (SSSR count). The number of aromatic carboxylic acids is 1. The van der Waals surface area contributed by atoms with Crippen molar-refractivity contribution in [3.05, 3.63) is 28.4 Å². The maximum atomic E-state index is 10.8. The first-order valence-electron chi connectivity index (χ1n) is 2.91. The summed E-state index contributed by atoms with van der Waals surface area (Å²) >= 11 is 6.21. The molecule has 0 heterocycles. The molecule has 1 aromatic rings. The Morgan fingerprint density at radius 3 is 2.08 bits per heavy atom. The second-order valence-corrected chi connectivity index (χ2v) is 5.43. The molecule has 0 atom stereocenters. The van der Waals surface area contributed by atoms with Crippen LogP contribution in [0.5, 0.6) is 0 Å². The van der Waals surface area contributed by atoms with E-state index in [4.69, 9.17) is 5.11 Å². The van der Waals surface area contributed by atoms with Gasteiger partial charge in [-0.25, -0.2) is 4.79 Å². The zero-order chi connectivity index (χ0) is 9.30. The summed E-state index contributed by atoms with van der Waals surface area (Å²) in [7, 11) is 0. The largest absolute Gasteiger partial charge is 0.478 e. The van der Waals surface area contributed by atoms with Crippen LogP contribution < -0.4 is 0 Å². The quantitative estimate of drug-likeness (QED) is 0.476. The summed E-state index contributed by atoms with van der Waals surface area (Å²) in [5, 5.41) is 8.86. The van der Waals surface area contributed by atoms with E-state index < -0.39 is 5.97 Å². The van der Waals surface area contributed by atoms with E-state index >= 15 is 0 Å². The van der Waals surface area contributed by atoms with Crippen LogP contribution in [0, 0.1) is 10.7 Å². The first-order chi connectivity index (χ1) is 5.54. The molecule has 0 amide bonds. The molecule has 0 saturated heterocycles. The van der Waals surface area contributed by atoms with Gasteiger partial charge in [0.1, 0.15) is 0 Å². The number of carboxylic acids is 1. The highest BCUT2D eigenvalue weighted by Crippen LogP contribution is 2.23. The van der Waals surface area contributed by atoms with Crippen LogP contribution in [0.2, 0.25) is 0 Å². The van der Waals surface area contributed by atoms with E-state index in [2.05, 4.69) is 45.2 Å². The van der Waals surface area contributed by atoms with Gasteiger partial charge in [0.05, 0.1) is 5.56 Å². The Bertz CT molecular complexity index is 336. The summed E-state index contributed by atoms with van der Waals surface area (Å²) in [4.78, 5) is 10.8. The Morgan fingerprint density at radius 2 is 1.67 bits per heavy atom. The summed E-state index contributed by atoms with van der Waals surface area (Å²) < 4.78 is 2.57. The van der Waals surface area contributed by atoms with E-state index in [0.29, 0.717) is 5.56 Å². The van der Waals surface area contributed by atoms with E-state index in [1.54, 1.807) is 0 Å². The van der Waals surface area contributed by atoms with E-state index in [1.807, 2.05) is 34.7 Å². The van der Waals surface area contributed by atoms with Crippen LogP contribution in [-0.2, 0) is 0 Å². The lowest BCUT2D eigenvalue weighted by Gasteiger charge is -2.03. The number of halogens is 3. The van der Waals surface area contributed by atoms with Crippen molar-refractivity contribution in [3.63, 3.8) is 0 Å². The Hall–Kier alpha value is 0.880. The second kappa shape index (κ2) is 4.40. The van der Waals surface area contributed by atoms with Crippen molar-refractivity contribution in [1.82, 2.24) is 0 Å². The summed E-state index contributed by atoms with van der Waals surface area (Å²) in [5.74, 6) is -0.859. The standard InChI is InChI=1S/C7H3I3O2/c8-3-1-2-4(9)6(10)5(3)7(11)12/h1-2H,(H,11,12). The molecule has 2 nitrogen and oxygen atoms in total. The predicted molar refractivity (Wildman–Crippen MR) is 71.6 cm³/mol. The van der Waals surface area contributed by atoms with Gasteiger partial charge < -0.3 is 5.11 Å². The van der Waals surface area contributed by atoms with Crippen LogP contribution in [0.25, 0.3) is 0 Å². The fourth-order valence-corrected chi connectivity index (χ4v) is 3.07. The fourth-order valence-electron chi connectivity index (χ4n) is 0.723. The van der Waals surface area contributed by atoms with Gasteiger partial charge in [-0.3, -0.25) is 0 Å². The molecule has 0 aromatic heterocycles. The minimum Gasteiger partial charge on any atom is -0.478 e. The fraction of sp³-hybridized carbons (Fsp3) is 0. The maximum absolute atomic E-state index is 10.8. The third kappa shape index (κ3) is 2.22. The minimum atomic E-state index is -0.859. The summed E-state index contributed by atoms with van der Waals surface area (Å²) in [6.07, 6.45) is 0. The maximum Gasteiger partial charge on any atom is 0.337 e. The molecule has 0 aliphatic carbocycles. The Morgan fingerprint density at radius 1 is 1.17 bits per heavy atom. The Balaban J connectivity index is 3.43. The highest BCUT2D eigenvalue weighted by molar-refractivity contribution is 14.1. The molecule has 0 radical (unpaired) electrons. The predicted octanol–water partition coefficient (Wildman–Crippen LogP) is 3.20. The van der Waals surface area contributed by atoms with Crippen molar-refractivity contribution in [2.24, 2.45) is 0 Å². The summed E-state index contributed by atoms with van der Waals surface area (Å²) in [6, 6.07) is 3.73. The van der Waals surface area contributed by atoms with Crippen LogP contribution in [0.15, 0.2) is 12.1 Å². The van der Waals surface area contributed by atoms with E-state index in [9.17, 15) is 4.79 Å². The normalized spacial score (nSPS) is 9.92. The van der Waals surface area contributed by atoms with Gasteiger partial charge in [-0.1, -0.05) is 0 Å². The zero-order valence-electron chi connectivity index (χ0n) is 5.64. The third-order valence-corrected chi connectivity index (χ3v) is 5.21. The molecule has 0 aliphatic rings. The molecular weight excluding hydrogens is 497 g/mol. The van der Waals surface area contributed by atoms with Gasteiger partial charge in [-0.2, -0.15) is 0 Å². The van der Waals surface area contributed by atoms with Crippen molar-refractivity contribution >= 4 is 73.7 Å². The van der Waals surface area contributed by atoms with Crippen molar-refractivity contribution in [3.8, 4) is 0 Å². The molecular formula is C7H3I3O2. The van der Waals surface area contributed by atoms with Gasteiger partial charge in [-0.05, 0) is 79.9 Å². The topological polar surface area (TPSA) is 37.3 Å². The summed E-state index contributed by atoms with van der Waals surface area (Å²) in [5.41, 5.74) is 0.406. The van der Waals surface area contributed by atoms with Crippen LogP contribution in [0.3, 0.4) is 0 Å². The number of benzene rings is 1. The number of carboxylic acid groups (broad SMARTS) is 1. The molecule has 0 aliphatic heterocycles. The van der Waals surface area contributed by atoms with Crippen LogP contribution in [-0.4, -0.2) is 11.1 Å². The van der Waals surface area contributed by atoms with Gasteiger partial charge in [-0.15, -0.1) is 0 Å². The van der Waals surface area contributed by atoms with E-state index in [-0.39, 0.29) is 0 Å². The van der Waals surface area contributed by atoms with Crippen LogP contribution >= 0.6 is 67.8 Å². The van der Waals surface area contributed by atoms with Crippen molar-refractivity contribution < 1.29 is 9.90 Å². The minimum absolute atomic E-state index is 0.406. The highest BCUT2D eigenvalue weighted by atomic mass is 127. The lowest BCUT2D eigenvalue weighted by molar-refractivity contribution is 0.0694. The summed E-state index contributed by atoms with van der Waals surface area (Å²) in [6.45, 7) is 0. The lowest BCUT2D eigenvalue weighted by Crippen LogP contribution is -2.04. The van der Waals surface area contributed by atoms with Crippen LogP contribution in [0.1, 0.15) is 10.4 Å². The SMILES string of the molecule is O=C(O)c1c(I)ccc(I)c1I. The molecule has 1 aromatic carbocycles. The molecule has 1 N–H and O–H groups in total. The van der Waals surface area contributed by atoms with Gasteiger partial charge in [0.2, 0.25) is 0 Å². The van der Waals surface area contributed by atoms with Gasteiger partial charge in [0.25, 0.3) is 0 Å². The molecule has 0 fully saturated rings. The van der Waals surface area contributed by atoms with E-state index in [1.165, 1.54) is 0 Å². The number of hydrogen-bond donors (Lipinski definition) is 1. The van der Waals surface area contributed by atoms with Crippen molar-refractivity contribution in [2.75, 3.05) is 0 Å². The molecule has 0 unspecified atom stereocenters. The third-order valence-electron chi connectivity index (χ3n) is 1.26. The first-order valence-corrected chi connectivity index (χ1v) is 6.14. The smallest absolute Gasteiger partial charge is 0.337 e. The van der Waals surface area contributed by atoms with Crippen LogP contribution in [0.4, 0.5) is 0 Å². The lowest BCUT2D eigenvalue weighted by atomic mass is 10.2. The molecule has 0 bridgehead atoms. The number of rotatable bonds is 1. The molecule has 0 saturated carbocycles. The molecule has 5 heteroatoms. The first kappa shape index (κ1) is 11.0. The number of hydrogen-bond acceptors (Lipinski definition) is 1. The average Bonchev–Trinajstić information content (AvgIpc) is 1.97. The molecule has 0 spiro atoms. The van der Waals surface area contributed by atoms with Gasteiger partial charge >= 0.3 is 5.97 Å². The average molecular weight is 500 g/mol. The Kier molecular flexibility index (Phi) is 4.02. The molecule has 64 valence electrons. The highest BCUT2D eigenvalue weighted by Gasteiger charge is 2.14. The zero-order valence-corrected chi connectivity index (χ0v) is 12.1. The van der Waals surface area contributed by atoms with Gasteiger partial charge in [0.15, 0.2) is 0 Å². The monoisotopic (exact) mass is 500 g/mol. The van der Waals surface area contributed by atoms with Crippen molar-refractivity contribution in [2.45, 2.75) is 0 Å². The number of carbonyl (C=O) groups is 1. The second-order valence-electron chi connectivity index (χ2n) is 2.02. The molecule has 12 heavy (non-hydrogen) atoms. The van der Waals surface area contributed by atoms with E-state index in [0.717, 1.165) is 10.7 Å². The van der Waals surface area contributed by atoms with Gasteiger partial charge in [0, 0.05) is 10.7 Å².